The summed E-state index contributed by atoms with van der Waals surface area (Å²) in [5.41, 5.74) is 1.06. The molecule has 0 amide bonds. The highest BCUT2D eigenvalue weighted by Gasteiger charge is 2.37. The zero-order valence-corrected chi connectivity index (χ0v) is 19.9. The fraction of sp³-hybridized carbons (Fsp3) is 0.417. The van der Waals surface area contributed by atoms with E-state index in [1.54, 1.807) is 70.2 Å². The van der Waals surface area contributed by atoms with Crippen LogP contribution < -0.4 is 0 Å². The van der Waals surface area contributed by atoms with Gasteiger partial charge >= 0.3 is 11.9 Å². The Bertz CT molecular complexity index is 1100. The van der Waals surface area contributed by atoms with Crippen LogP contribution in [0.15, 0.2) is 64.3 Å². The van der Waals surface area contributed by atoms with Gasteiger partial charge in [0.2, 0.25) is 10.0 Å². The summed E-state index contributed by atoms with van der Waals surface area (Å²) in [6, 6.07) is 6.71. The minimum atomic E-state index is -3.68. The van der Waals surface area contributed by atoms with Crippen LogP contribution in [0.4, 0.5) is 0 Å². The third-order valence-electron chi connectivity index (χ3n) is 5.28. The van der Waals surface area contributed by atoms with Crippen LogP contribution in [0.25, 0.3) is 0 Å². The molecule has 1 saturated heterocycles. The number of sulfonamides is 1. The number of carbonyl (C=O) groups excluding carboxylic acids is 2. The maximum atomic E-state index is 13.1. The molecule has 172 valence electrons. The van der Waals surface area contributed by atoms with Crippen LogP contribution in [-0.2, 0) is 29.1 Å². The lowest BCUT2D eigenvalue weighted by molar-refractivity contribution is -0.148. The van der Waals surface area contributed by atoms with E-state index in [2.05, 4.69) is 0 Å². The van der Waals surface area contributed by atoms with E-state index in [-0.39, 0.29) is 41.8 Å². The van der Waals surface area contributed by atoms with E-state index in [1.165, 1.54) is 4.31 Å². The van der Waals surface area contributed by atoms with Gasteiger partial charge < -0.3 is 9.47 Å². The predicted molar refractivity (Wildman–Crippen MR) is 120 cm³/mol. The largest absolute Gasteiger partial charge is 0.462 e. The summed E-state index contributed by atoms with van der Waals surface area (Å²) in [6.45, 7) is 9.28. The Morgan fingerprint density at radius 3 is 2.41 bits per heavy atom. The number of fused-ring (bicyclic) bond motifs is 1. The van der Waals surface area contributed by atoms with Crippen LogP contribution in [0.3, 0.4) is 0 Å². The molecule has 0 N–H and O–H groups in total. The van der Waals surface area contributed by atoms with Gasteiger partial charge in [-0.25, -0.2) is 13.2 Å². The second kappa shape index (κ2) is 9.03. The van der Waals surface area contributed by atoms with Crippen LogP contribution in [-0.4, -0.2) is 44.4 Å². The van der Waals surface area contributed by atoms with Gasteiger partial charge in [-0.1, -0.05) is 23.8 Å². The number of allylic oxidation sites excluding steroid dienone is 1. The van der Waals surface area contributed by atoms with Crippen LogP contribution in [0.5, 0.6) is 0 Å². The Hall–Kier alpha value is -2.71. The molecule has 1 atom stereocenters. The molecular weight excluding hydrogens is 430 g/mol. The Morgan fingerprint density at radius 1 is 1.16 bits per heavy atom. The Kier molecular flexibility index (Phi) is 6.76. The van der Waals surface area contributed by atoms with Gasteiger partial charge in [-0.2, -0.15) is 4.31 Å². The van der Waals surface area contributed by atoms with Gasteiger partial charge in [0.15, 0.2) is 0 Å². The Balaban J connectivity index is 1.95. The Morgan fingerprint density at radius 2 is 1.81 bits per heavy atom. The van der Waals surface area contributed by atoms with E-state index in [4.69, 9.17) is 9.47 Å². The maximum absolute atomic E-state index is 13.1. The monoisotopic (exact) mass is 459 g/mol. The van der Waals surface area contributed by atoms with Crippen LogP contribution >= 0.6 is 0 Å². The second-order valence-corrected chi connectivity index (χ2v) is 10.9. The second-order valence-electron chi connectivity index (χ2n) is 8.93. The van der Waals surface area contributed by atoms with E-state index in [0.29, 0.717) is 0 Å². The van der Waals surface area contributed by atoms with Crippen molar-refractivity contribution >= 4 is 22.0 Å². The number of benzene rings is 1. The summed E-state index contributed by atoms with van der Waals surface area (Å²) in [7, 11) is -3.68. The number of hydrogen-bond acceptors (Lipinski definition) is 6. The quantitative estimate of drug-likeness (QED) is 0.626. The van der Waals surface area contributed by atoms with Crippen LogP contribution in [0, 0.1) is 18.3 Å². The lowest BCUT2D eigenvalue weighted by Crippen LogP contribution is -2.29. The van der Waals surface area contributed by atoms with E-state index < -0.39 is 27.4 Å². The molecule has 1 aliphatic carbocycles. The molecule has 1 aliphatic heterocycles. The zero-order chi connectivity index (χ0) is 23.7. The van der Waals surface area contributed by atoms with Gasteiger partial charge in [-0.3, -0.25) is 4.79 Å². The molecule has 3 rings (SSSR count). The van der Waals surface area contributed by atoms with E-state index in [0.717, 1.165) is 11.1 Å². The van der Waals surface area contributed by atoms with Crippen molar-refractivity contribution < 1.29 is 27.5 Å². The van der Waals surface area contributed by atoms with Crippen molar-refractivity contribution in [1.29, 1.82) is 0 Å². The first-order valence-electron chi connectivity index (χ1n) is 10.5. The zero-order valence-electron chi connectivity index (χ0n) is 19.0. The number of aryl methyl sites for hydroxylation is 1. The van der Waals surface area contributed by atoms with Gasteiger partial charge in [0.1, 0.15) is 11.3 Å². The van der Waals surface area contributed by atoms with Gasteiger partial charge in [-0.15, -0.1) is 0 Å². The molecule has 0 unspecified atom stereocenters. The van der Waals surface area contributed by atoms with Crippen LogP contribution in [0.1, 0.15) is 33.3 Å². The molecule has 8 heteroatoms. The summed E-state index contributed by atoms with van der Waals surface area (Å²) in [6.07, 6.45) is 4.93. The fourth-order valence-electron chi connectivity index (χ4n) is 3.36. The summed E-state index contributed by atoms with van der Waals surface area (Å²) in [5, 5.41) is 0. The average Bonchev–Trinajstić information content (AvgIpc) is 3.05. The normalized spacial score (nSPS) is 19.3. The highest BCUT2D eigenvalue weighted by atomic mass is 32.2. The van der Waals surface area contributed by atoms with Crippen LogP contribution in [0.2, 0.25) is 0 Å². The van der Waals surface area contributed by atoms with Crippen molar-refractivity contribution in [2.24, 2.45) is 11.3 Å². The summed E-state index contributed by atoms with van der Waals surface area (Å²) < 4.78 is 38.3. The first-order valence-corrected chi connectivity index (χ1v) is 12.0. The molecular formula is C24H29NO6S. The molecule has 0 spiro atoms. The summed E-state index contributed by atoms with van der Waals surface area (Å²) >= 11 is 0. The fourth-order valence-corrected chi connectivity index (χ4v) is 4.82. The lowest BCUT2D eigenvalue weighted by Gasteiger charge is -2.18. The smallest absolute Gasteiger partial charge is 0.341 e. The maximum Gasteiger partial charge on any atom is 0.341 e. The van der Waals surface area contributed by atoms with Crippen molar-refractivity contribution in [3.8, 4) is 0 Å². The third kappa shape index (κ3) is 5.02. The Labute approximate surface area is 189 Å². The van der Waals surface area contributed by atoms with E-state index >= 15 is 0 Å². The van der Waals surface area contributed by atoms with Crippen molar-refractivity contribution in [3.63, 3.8) is 0 Å². The minimum absolute atomic E-state index is 0.104. The lowest BCUT2D eigenvalue weighted by atomic mass is 9.97. The predicted octanol–water partition coefficient (Wildman–Crippen LogP) is 3.52. The number of rotatable bonds is 5. The molecule has 2 aliphatic rings. The van der Waals surface area contributed by atoms with Crippen molar-refractivity contribution in [2.75, 3.05) is 19.7 Å². The molecule has 1 heterocycles. The molecule has 0 bridgehead atoms. The first-order chi connectivity index (χ1) is 14.9. The number of nitrogens with zero attached hydrogens (tertiary/aromatic N) is 1. The third-order valence-corrected chi connectivity index (χ3v) is 7.11. The number of carbonyl (C=O) groups is 2. The summed E-state index contributed by atoms with van der Waals surface area (Å²) in [4.78, 5) is 25.3. The molecule has 32 heavy (non-hydrogen) atoms. The number of ether oxygens (including phenoxy) is 2. The summed E-state index contributed by atoms with van der Waals surface area (Å²) in [5.74, 6) is -1.24. The van der Waals surface area contributed by atoms with Crippen molar-refractivity contribution in [2.45, 2.75) is 39.5 Å². The first kappa shape index (κ1) is 23.9. The van der Waals surface area contributed by atoms with E-state index in [1.807, 2.05) is 6.92 Å². The number of hydrogen-bond donors (Lipinski definition) is 0. The molecule has 7 nitrogen and oxygen atoms in total. The molecule has 0 radical (unpaired) electrons. The van der Waals surface area contributed by atoms with Gasteiger partial charge in [0.25, 0.3) is 0 Å². The van der Waals surface area contributed by atoms with Crippen molar-refractivity contribution in [3.05, 3.63) is 65.0 Å². The average molecular weight is 460 g/mol. The highest BCUT2D eigenvalue weighted by Crippen LogP contribution is 2.34. The van der Waals surface area contributed by atoms with Gasteiger partial charge in [0.05, 0.1) is 16.9 Å². The van der Waals surface area contributed by atoms with Crippen molar-refractivity contribution in [1.82, 2.24) is 4.31 Å². The number of esters is 2. The molecule has 1 aromatic carbocycles. The highest BCUT2D eigenvalue weighted by molar-refractivity contribution is 7.89. The molecule has 0 saturated carbocycles. The van der Waals surface area contributed by atoms with Gasteiger partial charge in [-0.05, 0) is 64.5 Å². The minimum Gasteiger partial charge on any atom is -0.462 e. The van der Waals surface area contributed by atoms with Gasteiger partial charge in [0, 0.05) is 19.0 Å². The SMILES string of the molecule is CCOC(=O)C1=C(OC(=O)C(C)(C)C)C=C[C@H]2CN(S(=O)(=O)c3ccc(C)cc3)CC2=C1. The topological polar surface area (TPSA) is 90.0 Å². The molecule has 1 aromatic rings. The molecule has 0 aromatic heterocycles. The van der Waals surface area contributed by atoms with E-state index in [9.17, 15) is 18.0 Å². The standard InChI is InChI=1S/C24H29NO6S/c1-6-30-22(26)20-13-18-15-25(32(28,29)19-10-7-16(2)8-11-19)14-17(18)9-12-21(20)31-23(27)24(3,4)5/h7-13,17H,6,14-15H2,1-5H3/t17-/m0/s1. The molecule has 1 fully saturated rings.